The second-order valence-electron chi connectivity index (χ2n) is 5.45. The molecule has 23 heavy (non-hydrogen) atoms. The van der Waals surface area contributed by atoms with Gasteiger partial charge < -0.3 is 19.5 Å². The number of fused-ring (bicyclic) bond motifs is 1. The first-order chi connectivity index (χ1) is 11.2. The van der Waals surface area contributed by atoms with Crippen molar-refractivity contribution in [3.8, 4) is 17.2 Å². The summed E-state index contributed by atoms with van der Waals surface area (Å²) in [5.41, 5.74) is 3.20. The lowest BCUT2D eigenvalue weighted by Gasteiger charge is -2.30. The molecule has 2 aromatic rings. The van der Waals surface area contributed by atoms with Crippen molar-refractivity contribution in [2.24, 2.45) is 0 Å². The minimum Gasteiger partial charge on any atom is -0.493 e. The molecule has 1 unspecified atom stereocenters. The first-order valence-electron chi connectivity index (χ1n) is 7.47. The maximum atomic E-state index is 13.2. The summed E-state index contributed by atoms with van der Waals surface area (Å²) in [6, 6.07) is 8.56. The minimum atomic E-state index is -0.239. The zero-order valence-corrected chi connectivity index (χ0v) is 13.5. The Morgan fingerprint density at radius 1 is 1.00 bits per heavy atom. The van der Waals surface area contributed by atoms with Gasteiger partial charge in [-0.05, 0) is 29.3 Å². The van der Waals surface area contributed by atoms with Crippen LogP contribution in [-0.2, 0) is 6.54 Å². The Bertz CT molecular complexity index is 700. The van der Waals surface area contributed by atoms with Gasteiger partial charge in [0.1, 0.15) is 5.82 Å². The van der Waals surface area contributed by atoms with Crippen molar-refractivity contribution in [1.82, 2.24) is 5.32 Å². The quantitative estimate of drug-likeness (QED) is 0.941. The van der Waals surface area contributed by atoms with Gasteiger partial charge in [0.2, 0.25) is 5.75 Å². The van der Waals surface area contributed by atoms with E-state index in [2.05, 4.69) is 5.32 Å². The highest BCUT2D eigenvalue weighted by Gasteiger charge is 2.29. The molecule has 122 valence electrons. The molecule has 1 aliphatic heterocycles. The average Bonchev–Trinajstić information content (AvgIpc) is 2.60. The predicted octanol–water partition coefficient (Wildman–Crippen LogP) is 3.09. The summed E-state index contributed by atoms with van der Waals surface area (Å²) in [6.07, 6.45) is 0. The standard InChI is InChI=1S/C18H20FNO3/c1-21-15-8-12-9-20-10-14(11-4-6-13(19)7-5-11)16(12)18(23-3)17(15)22-2/h4-8,14,20H,9-10H2,1-3H3. The second-order valence-corrected chi connectivity index (χ2v) is 5.45. The molecule has 1 heterocycles. The van der Waals surface area contributed by atoms with E-state index >= 15 is 0 Å². The van der Waals surface area contributed by atoms with E-state index in [9.17, 15) is 4.39 Å². The minimum absolute atomic E-state index is 0.0640. The van der Waals surface area contributed by atoms with Gasteiger partial charge in [-0.3, -0.25) is 0 Å². The molecule has 3 rings (SSSR count). The number of benzene rings is 2. The SMILES string of the molecule is COc1cc2c(c(OC)c1OC)C(c1ccc(F)cc1)CNC2. The molecule has 0 bridgehead atoms. The molecule has 0 fully saturated rings. The average molecular weight is 317 g/mol. The third kappa shape index (κ3) is 2.72. The molecule has 1 aliphatic rings. The van der Waals surface area contributed by atoms with Crippen molar-refractivity contribution in [2.75, 3.05) is 27.9 Å². The van der Waals surface area contributed by atoms with Gasteiger partial charge in [-0.1, -0.05) is 12.1 Å². The van der Waals surface area contributed by atoms with Crippen LogP contribution in [0, 0.1) is 5.82 Å². The molecule has 0 spiro atoms. The van der Waals surface area contributed by atoms with Gasteiger partial charge in [0.15, 0.2) is 11.5 Å². The fourth-order valence-corrected chi connectivity index (χ4v) is 3.19. The molecule has 1 N–H and O–H groups in total. The van der Waals surface area contributed by atoms with E-state index in [1.54, 1.807) is 21.3 Å². The van der Waals surface area contributed by atoms with Crippen LogP contribution in [0.1, 0.15) is 22.6 Å². The van der Waals surface area contributed by atoms with Crippen molar-refractivity contribution >= 4 is 0 Å². The Morgan fingerprint density at radius 2 is 1.70 bits per heavy atom. The van der Waals surface area contributed by atoms with Crippen molar-refractivity contribution in [1.29, 1.82) is 0 Å². The van der Waals surface area contributed by atoms with Crippen LogP contribution in [0.2, 0.25) is 0 Å². The van der Waals surface area contributed by atoms with E-state index in [-0.39, 0.29) is 11.7 Å². The Labute approximate surface area is 135 Å². The first-order valence-corrected chi connectivity index (χ1v) is 7.47. The highest BCUT2D eigenvalue weighted by atomic mass is 19.1. The second kappa shape index (κ2) is 6.46. The maximum Gasteiger partial charge on any atom is 0.203 e. The monoisotopic (exact) mass is 317 g/mol. The summed E-state index contributed by atoms with van der Waals surface area (Å²) in [4.78, 5) is 0. The molecule has 1 atom stereocenters. The van der Waals surface area contributed by atoms with Gasteiger partial charge in [0, 0.05) is 24.6 Å². The molecule has 0 saturated heterocycles. The van der Waals surface area contributed by atoms with E-state index < -0.39 is 0 Å². The van der Waals surface area contributed by atoms with Gasteiger partial charge >= 0.3 is 0 Å². The summed E-state index contributed by atoms with van der Waals surface area (Å²) >= 11 is 0. The summed E-state index contributed by atoms with van der Waals surface area (Å²) in [5, 5.41) is 3.40. The van der Waals surface area contributed by atoms with Crippen LogP contribution in [0.3, 0.4) is 0 Å². The lowest BCUT2D eigenvalue weighted by molar-refractivity contribution is 0.318. The highest BCUT2D eigenvalue weighted by Crippen LogP contribution is 2.47. The van der Waals surface area contributed by atoms with E-state index in [1.807, 2.05) is 18.2 Å². The van der Waals surface area contributed by atoms with Gasteiger partial charge in [-0.25, -0.2) is 4.39 Å². The van der Waals surface area contributed by atoms with Gasteiger partial charge in [0.05, 0.1) is 21.3 Å². The number of halogens is 1. The van der Waals surface area contributed by atoms with Crippen molar-refractivity contribution < 1.29 is 18.6 Å². The molecule has 5 heteroatoms. The Balaban J connectivity index is 2.18. The molecule has 0 aromatic heterocycles. The fourth-order valence-electron chi connectivity index (χ4n) is 3.19. The summed E-state index contributed by atoms with van der Waals surface area (Å²) < 4.78 is 29.8. The predicted molar refractivity (Wildman–Crippen MR) is 86.0 cm³/mol. The van der Waals surface area contributed by atoms with Crippen LogP contribution < -0.4 is 19.5 Å². The molecular formula is C18H20FNO3. The van der Waals surface area contributed by atoms with Crippen LogP contribution in [0.5, 0.6) is 17.2 Å². The molecule has 2 aromatic carbocycles. The number of hydrogen-bond donors (Lipinski definition) is 1. The smallest absolute Gasteiger partial charge is 0.203 e. The lowest BCUT2D eigenvalue weighted by atomic mass is 9.84. The number of ether oxygens (including phenoxy) is 3. The topological polar surface area (TPSA) is 39.7 Å². The van der Waals surface area contributed by atoms with Crippen molar-refractivity contribution in [2.45, 2.75) is 12.5 Å². The number of rotatable bonds is 4. The van der Waals surface area contributed by atoms with Gasteiger partial charge in [-0.15, -0.1) is 0 Å². The zero-order valence-electron chi connectivity index (χ0n) is 13.5. The van der Waals surface area contributed by atoms with E-state index in [1.165, 1.54) is 12.1 Å². The van der Waals surface area contributed by atoms with Crippen LogP contribution in [0.4, 0.5) is 4.39 Å². The summed E-state index contributed by atoms with van der Waals surface area (Å²) in [6.45, 7) is 1.48. The zero-order chi connectivity index (χ0) is 16.4. The summed E-state index contributed by atoms with van der Waals surface area (Å²) in [7, 11) is 4.83. The lowest BCUT2D eigenvalue weighted by Crippen LogP contribution is -2.29. The molecular weight excluding hydrogens is 297 g/mol. The van der Waals surface area contributed by atoms with Gasteiger partial charge in [-0.2, -0.15) is 0 Å². The van der Waals surface area contributed by atoms with Crippen LogP contribution in [0.15, 0.2) is 30.3 Å². The van der Waals surface area contributed by atoms with Crippen LogP contribution >= 0.6 is 0 Å². The third-order valence-corrected chi connectivity index (χ3v) is 4.24. The van der Waals surface area contributed by atoms with Crippen LogP contribution in [-0.4, -0.2) is 27.9 Å². The normalized spacial score (nSPS) is 16.6. The Morgan fingerprint density at radius 3 is 2.30 bits per heavy atom. The first kappa shape index (κ1) is 15.6. The van der Waals surface area contributed by atoms with Crippen molar-refractivity contribution in [3.63, 3.8) is 0 Å². The summed E-state index contributed by atoms with van der Waals surface area (Å²) in [5.74, 6) is 1.73. The van der Waals surface area contributed by atoms with Crippen molar-refractivity contribution in [3.05, 3.63) is 52.8 Å². The fraction of sp³-hybridized carbons (Fsp3) is 0.333. The molecule has 0 radical (unpaired) electrons. The van der Waals surface area contributed by atoms with E-state index in [0.717, 1.165) is 29.8 Å². The molecule has 0 aliphatic carbocycles. The van der Waals surface area contributed by atoms with E-state index in [4.69, 9.17) is 14.2 Å². The Hall–Kier alpha value is -2.27. The van der Waals surface area contributed by atoms with E-state index in [0.29, 0.717) is 17.2 Å². The third-order valence-electron chi connectivity index (χ3n) is 4.24. The number of nitrogens with one attached hydrogen (secondary N) is 1. The Kier molecular flexibility index (Phi) is 4.39. The van der Waals surface area contributed by atoms with Gasteiger partial charge in [0.25, 0.3) is 0 Å². The number of hydrogen-bond acceptors (Lipinski definition) is 4. The molecule has 0 saturated carbocycles. The highest BCUT2D eigenvalue weighted by molar-refractivity contribution is 5.62. The largest absolute Gasteiger partial charge is 0.493 e. The number of methoxy groups -OCH3 is 3. The molecule has 4 nitrogen and oxygen atoms in total. The maximum absolute atomic E-state index is 13.2. The van der Waals surface area contributed by atoms with Crippen LogP contribution in [0.25, 0.3) is 0 Å². The molecule has 0 amide bonds.